The number of rotatable bonds is 7. The van der Waals surface area contributed by atoms with Crippen LogP contribution < -0.4 is 15.4 Å². The SMILES string of the molecule is CCC1(CC)CC(=O)N(Cc2cccc(C(=O)N[C@H]3CCOc4ccccc43)c2)C(Nc2ccc(F)cn2)=N1. The highest BCUT2D eigenvalue weighted by atomic mass is 19.1. The van der Waals surface area contributed by atoms with Crippen molar-refractivity contribution in [3.63, 3.8) is 0 Å². The van der Waals surface area contributed by atoms with Crippen molar-refractivity contribution in [2.45, 2.75) is 57.7 Å². The lowest BCUT2D eigenvalue weighted by Crippen LogP contribution is -2.50. The van der Waals surface area contributed by atoms with E-state index in [1.165, 1.54) is 12.1 Å². The molecule has 3 heterocycles. The molecule has 2 N–H and O–H groups in total. The Morgan fingerprint density at radius 3 is 2.72 bits per heavy atom. The van der Waals surface area contributed by atoms with Gasteiger partial charge in [-0.25, -0.2) is 14.4 Å². The Labute approximate surface area is 227 Å². The number of ether oxygens (including phenoxy) is 1. The van der Waals surface area contributed by atoms with Crippen LogP contribution in [0.25, 0.3) is 0 Å². The van der Waals surface area contributed by atoms with E-state index in [4.69, 9.17) is 9.73 Å². The lowest BCUT2D eigenvalue weighted by Gasteiger charge is -2.38. The normalized spacial score (nSPS) is 18.0. The Hall–Kier alpha value is -4.27. The average molecular weight is 530 g/mol. The fourth-order valence-electron chi connectivity index (χ4n) is 5.03. The molecule has 2 aliphatic heterocycles. The highest BCUT2D eigenvalue weighted by molar-refractivity contribution is 6.06. The van der Waals surface area contributed by atoms with Crippen LogP contribution in [0.4, 0.5) is 10.2 Å². The number of para-hydroxylation sites is 1. The van der Waals surface area contributed by atoms with Gasteiger partial charge in [-0.05, 0) is 48.7 Å². The number of hydrogen-bond acceptors (Lipinski definition) is 6. The summed E-state index contributed by atoms with van der Waals surface area (Å²) in [7, 11) is 0. The third kappa shape index (κ3) is 5.77. The summed E-state index contributed by atoms with van der Waals surface area (Å²) in [5.74, 6) is 0.823. The molecule has 202 valence electrons. The van der Waals surface area contributed by atoms with Crippen LogP contribution in [0.3, 0.4) is 0 Å². The van der Waals surface area contributed by atoms with E-state index in [0.717, 1.165) is 23.1 Å². The van der Waals surface area contributed by atoms with Gasteiger partial charge in [0.2, 0.25) is 11.9 Å². The van der Waals surface area contributed by atoms with Crippen molar-refractivity contribution in [1.82, 2.24) is 15.2 Å². The van der Waals surface area contributed by atoms with Gasteiger partial charge in [-0.2, -0.15) is 0 Å². The second-order valence-corrected chi connectivity index (χ2v) is 9.91. The van der Waals surface area contributed by atoms with Crippen molar-refractivity contribution in [2.24, 2.45) is 4.99 Å². The van der Waals surface area contributed by atoms with E-state index >= 15 is 0 Å². The summed E-state index contributed by atoms with van der Waals surface area (Å²) < 4.78 is 19.1. The second-order valence-electron chi connectivity index (χ2n) is 9.91. The lowest BCUT2D eigenvalue weighted by molar-refractivity contribution is -0.130. The Kier molecular flexibility index (Phi) is 7.58. The number of nitrogens with zero attached hydrogens (tertiary/aromatic N) is 3. The number of benzene rings is 2. The number of fused-ring (bicyclic) bond motifs is 1. The minimum Gasteiger partial charge on any atom is -0.493 e. The highest BCUT2D eigenvalue weighted by Gasteiger charge is 2.38. The summed E-state index contributed by atoms with van der Waals surface area (Å²) in [6.07, 6.45) is 3.49. The fraction of sp³-hybridized carbons (Fsp3) is 0.333. The molecule has 9 heteroatoms. The van der Waals surface area contributed by atoms with Gasteiger partial charge in [-0.1, -0.05) is 44.2 Å². The summed E-state index contributed by atoms with van der Waals surface area (Å²) in [4.78, 5) is 37.2. The zero-order chi connectivity index (χ0) is 27.4. The first kappa shape index (κ1) is 26.3. The number of aliphatic imine (C=N–C) groups is 1. The van der Waals surface area contributed by atoms with Gasteiger partial charge in [-0.15, -0.1) is 0 Å². The number of nitrogens with one attached hydrogen (secondary N) is 2. The van der Waals surface area contributed by atoms with Gasteiger partial charge in [0.15, 0.2) is 0 Å². The summed E-state index contributed by atoms with van der Waals surface area (Å²) in [5, 5.41) is 6.25. The molecule has 0 aliphatic carbocycles. The molecule has 0 radical (unpaired) electrons. The van der Waals surface area contributed by atoms with Crippen LogP contribution >= 0.6 is 0 Å². The van der Waals surface area contributed by atoms with Crippen molar-refractivity contribution in [3.05, 3.63) is 89.4 Å². The number of carbonyl (C=O) groups is 2. The highest BCUT2D eigenvalue weighted by Crippen LogP contribution is 2.33. The minimum atomic E-state index is -0.516. The van der Waals surface area contributed by atoms with Crippen molar-refractivity contribution in [3.8, 4) is 5.75 Å². The zero-order valence-corrected chi connectivity index (χ0v) is 22.1. The van der Waals surface area contributed by atoms with E-state index in [9.17, 15) is 14.0 Å². The molecule has 39 heavy (non-hydrogen) atoms. The minimum absolute atomic E-state index is 0.0769. The fourth-order valence-corrected chi connectivity index (χ4v) is 5.03. The summed E-state index contributed by atoms with van der Waals surface area (Å²) >= 11 is 0. The number of hydrogen-bond donors (Lipinski definition) is 2. The van der Waals surface area contributed by atoms with Crippen molar-refractivity contribution >= 4 is 23.6 Å². The molecule has 3 aromatic rings. The third-order valence-electron chi connectivity index (χ3n) is 7.46. The van der Waals surface area contributed by atoms with Gasteiger partial charge in [0.25, 0.3) is 5.91 Å². The van der Waals surface area contributed by atoms with Crippen LogP contribution in [0.5, 0.6) is 5.75 Å². The molecule has 1 aromatic heterocycles. The molecule has 2 amide bonds. The number of carbonyl (C=O) groups excluding carboxylic acids is 2. The summed E-state index contributed by atoms with van der Waals surface area (Å²) in [6, 6.07) is 17.6. The van der Waals surface area contributed by atoms with Gasteiger partial charge in [0.1, 0.15) is 17.4 Å². The smallest absolute Gasteiger partial charge is 0.251 e. The van der Waals surface area contributed by atoms with E-state index < -0.39 is 11.4 Å². The number of aromatic nitrogens is 1. The molecule has 5 rings (SSSR count). The topological polar surface area (TPSA) is 95.9 Å². The molecule has 0 saturated carbocycles. The maximum atomic E-state index is 13.4. The molecule has 0 fully saturated rings. The van der Waals surface area contributed by atoms with Crippen molar-refractivity contribution < 1.29 is 18.7 Å². The first-order valence-corrected chi connectivity index (χ1v) is 13.3. The number of pyridine rings is 1. The number of anilines is 1. The van der Waals surface area contributed by atoms with Gasteiger partial charge in [0, 0.05) is 17.5 Å². The van der Waals surface area contributed by atoms with Gasteiger partial charge in [0.05, 0.1) is 37.4 Å². The number of halogens is 1. The monoisotopic (exact) mass is 529 g/mol. The van der Waals surface area contributed by atoms with E-state index in [1.54, 1.807) is 17.0 Å². The predicted molar refractivity (Wildman–Crippen MR) is 147 cm³/mol. The third-order valence-corrected chi connectivity index (χ3v) is 7.46. The molecule has 0 spiro atoms. The van der Waals surface area contributed by atoms with Crippen molar-refractivity contribution in [2.75, 3.05) is 11.9 Å². The van der Waals surface area contributed by atoms with Crippen LogP contribution in [0, 0.1) is 5.82 Å². The van der Waals surface area contributed by atoms with Crippen LogP contribution in [-0.2, 0) is 11.3 Å². The first-order chi connectivity index (χ1) is 18.9. The average Bonchev–Trinajstić information content (AvgIpc) is 2.96. The van der Waals surface area contributed by atoms with E-state index in [1.807, 2.05) is 50.2 Å². The molecular weight excluding hydrogens is 497 g/mol. The van der Waals surface area contributed by atoms with Crippen LogP contribution in [0.2, 0.25) is 0 Å². The molecule has 2 aliphatic rings. The molecule has 2 aromatic carbocycles. The largest absolute Gasteiger partial charge is 0.493 e. The lowest BCUT2D eigenvalue weighted by atomic mass is 9.88. The van der Waals surface area contributed by atoms with E-state index in [-0.39, 0.29) is 30.8 Å². The van der Waals surface area contributed by atoms with E-state index in [2.05, 4.69) is 15.6 Å². The summed E-state index contributed by atoms with van der Waals surface area (Å²) in [6.45, 7) is 4.79. The Bertz CT molecular complexity index is 1390. The van der Waals surface area contributed by atoms with Gasteiger partial charge >= 0.3 is 0 Å². The van der Waals surface area contributed by atoms with Crippen LogP contribution in [-0.4, -0.2) is 39.8 Å². The molecular formula is C30H32FN5O3. The number of amides is 2. The predicted octanol–water partition coefficient (Wildman–Crippen LogP) is 5.23. The summed E-state index contributed by atoms with van der Waals surface area (Å²) in [5.41, 5.74) is 1.73. The maximum Gasteiger partial charge on any atom is 0.251 e. The van der Waals surface area contributed by atoms with Gasteiger partial charge < -0.3 is 15.4 Å². The number of guanidine groups is 1. The van der Waals surface area contributed by atoms with Crippen LogP contribution in [0.15, 0.2) is 71.9 Å². The quantitative estimate of drug-likeness (QED) is 0.437. The van der Waals surface area contributed by atoms with E-state index in [0.29, 0.717) is 43.2 Å². The van der Waals surface area contributed by atoms with Gasteiger partial charge in [-0.3, -0.25) is 14.5 Å². The Morgan fingerprint density at radius 1 is 1.13 bits per heavy atom. The Balaban J connectivity index is 1.37. The molecule has 8 nitrogen and oxygen atoms in total. The molecule has 0 saturated heterocycles. The molecule has 0 unspecified atom stereocenters. The van der Waals surface area contributed by atoms with Crippen molar-refractivity contribution in [1.29, 1.82) is 0 Å². The maximum absolute atomic E-state index is 13.4. The molecule has 1 atom stereocenters. The first-order valence-electron chi connectivity index (χ1n) is 13.3. The standard InChI is InChI=1S/C30H32FN5O3/c1-3-30(4-2)17-27(37)36(29(35-30)34-26-13-12-22(31)18-32-26)19-20-8-7-9-21(16-20)28(38)33-24-14-15-39-25-11-6-5-10-23(24)25/h5-13,16,18,24H,3-4,14-15,17,19H2,1-2H3,(H,33,38)(H,32,34,35)/t24-/m0/s1. The Morgan fingerprint density at radius 2 is 1.95 bits per heavy atom. The zero-order valence-electron chi connectivity index (χ0n) is 22.1. The van der Waals surface area contributed by atoms with Crippen LogP contribution in [0.1, 0.15) is 67.1 Å². The second kappa shape index (κ2) is 11.2. The molecule has 0 bridgehead atoms.